The number of hydrogen-bond acceptors (Lipinski definition) is 6. The Morgan fingerprint density at radius 2 is 0.574 bits per heavy atom. The third-order valence-electron chi connectivity index (χ3n) is 12.8. The van der Waals surface area contributed by atoms with Crippen LogP contribution in [0.2, 0.25) is 0 Å². The minimum Gasteiger partial charge on any atom is -0.462 e. The molecule has 0 fully saturated rings. The molecule has 0 aromatic carbocycles. The van der Waals surface area contributed by atoms with Gasteiger partial charge < -0.3 is 14.2 Å². The molecule has 0 aromatic rings. The van der Waals surface area contributed by atoms with Gasteiger partial charge in [0.2, 0.25) is 0 Å². The molecule has 0 aliphatic rings. The average Bonchev–Trinajstić information content (AvgIpc) is 3.23. The van der Waals surface area contributed by atoms with Crippen molar-refractivity contribution < 1.29 is 28.6 Å². The molecule has 0 aliphatic heterocycles. The van der Waals surface area contributed by atoms with Crippen LogP contribution in [0.1, 0.15) is 298 Å². The fourth-order valence-corrected chi connectivity index (χ4v) is 8.26. The van der Waals surface area contributed by atoms with E-state index >= 15 is 0 Å². The first-order chi connectivity index (χ1) is 29.6. The number of rotatable bonds is 48. The van der Waals surface area contributed by atoms with Crippen LogP contribution in [-0.4, -0.2) is 37.2 Å². The molecule has 0 amide bonds. The third kappa shape index (κ3) is 47.7. The zero-order chi connectivity index (χ0) is 44.9. The predicted octanol–water partition coefficient (Wildman–Crippen LogP) is 17.6. The molecule has 1 unspecified atom stereocenters. The Kier molecular flexibility index (Phi) is 45.2. The maximum atomic E-state index is 12.8. The fraction of sp³-hybridized carbons (Fsp3) is 0.945. The van der Waals surface area contributed by atoms with Gasteiger partial charge in [-0.1, -0.05) is 260 Å². The Balaban J connectivity index is 4.20. The molecule has 6 heteroatoms. The smallest absolute Gasteiger partial charge is 0.306 e. The number of hydrogen-bond donors (Lipinski definition) is 0. The molecule has 0 heterocycles. The van der Waals surface area contributed by atoms with Gasteiger partial charge in [0.05, 0.1) is 0 Å². The van der Waals surface area contributed by atoms with Crippen LogP contribution in [-0.2, 0) is 28.6 Å². The minimum atomic E-state index is -0.763. The SMILES string of the molecule is CCC(C)CCCCCCCCC(=O)OC[C@H](COC(=O)CCCCCCCCCCCCCCCCCCCCC(C)C)OC(=O)CCCCCCCCCCCC(C)C. The van der Waals surface area contributed by atoms with Gasteiger partial charge in [0.1, 0.15) is 13.2 Å². The van der Waals surface area contributed by atoms with Crippen LogP contribution in [0.25, 0.3) is 0 Å². The van der Waals surface area contributed by atoms with Crippen molar-refractivity contribution in [2.45, 2.75) is 304 Å². The normalized spacial score (nSPS) is 12.6. The molecule has 0 saturated heterocycles. The standard InChI is InChI=1S/C55H106O6/c1-7-51(6)43-37-31-27-28-33-39-45-54(57)60-48-52(61-55(58)46-40-34-26-22-18-20-24-30-36-42-50(4)5)47-59-53(56)44-38-32-25-21-17-15-13-11-9-8-10-12-14-16-19-23-29-35-41-49(2)3/h49-52H,7-48H2,1-6H3/t51?,52-/m0/s1. The highest BCUT2D eigenvalue weighted by molar-refractivity contribution is 5.71. The lowest BCUT2D eigenvalue weighted by Gasteiger charge is -2.18. The summed E-state index contributed by atoms with van der Waals surface area (Å²) in [6, 6.07) is 0. The second-order valence-corrected chi connectivity index (χ2v) is 20.1. The van der Waals surface area contributed by atoms with Crippen LogP contribution in [0, 0.1) is 17.8 Å². The first kappa shape index (κ1) is 59.4. The van der Waals surface area contributed by atoms with Crippen LogP contribution in [0.4, 0.5) is 0 Å². The molecule has 0 radical (unpaired) electrons. The number of carbonyl (C=O) groups excluding carboxylic acids is 3. The minimum absolute atomic E-state index is 0.0651. The van der Waals surface area contributed by atoms with Crippen molar-refractivity contribution in [1.29, 1.82) is 0 Å². The van der Waals surface area contributed by atoms with E-state index in [4.69, 9.17) is 14.2 Å². The lowest BCUT2D eigenvalue weighted by Crippen LogP contribution is -2.30. The molecule has 2 atom stereocenters. The summed E-state index contributed by atoms with van der Waals surface area (Å²) in [5.41, 5.74) is 0. The van der Waals surface area contributed by atoms with E-state index in [1.54, 1.807) is 0 Å². The predicted molar refractivity (Wildman–Crippen MR) is 261 cm³/mol. The van der Waals surface area contributed by atoms with Crippen molar-refractivity contribution in [3.8, 4) is 0 Å². The van der Waals surface area contributed by atoms with E-state index < -0.39 is 6.10 Å². The molecule has 6 nitrogen and oxygen atoms in total. The molecule has 0 saturated carbocycles. The number of ether oxygens (including phenoxy) is 3. The molecule has 61 heavy (non-hydrogen) atoms. The largest absolute Gasteiger partial charge is 0.462 e. The van der Waals surface area contributed by atoms with Crippen LogP contribution >= 0.6 is 0 Å². The molecular weight excluding hydrogens is 757 g/mol. The summed E-state index contributed by atoms with van der Waals surface area (Å²) in [5.74, 6) is 1.62. The van der Waals surface area contributed by atoms with Gasteiger partial charge >= 0.3 is 17.9 Å². The number of esters is 3. The van der Waals surface area contributed by atoms with Gasteiger partial charge in [-0.3, -0.25) is 14.4 Å². The maximum absolute atomic E-state index is 12.8. The van der Waals surface area contributed by atoms with Crippen LogP contribution < -0.4 is 0 Å². The zero-order valence-corrected chi connectivity index (χ0v) is 42.0. The van der Waals surface area contributed by atoms with Gasteiger partial charge in [-0.05, 0) is 37.0 Å². The Morgan fingerprint density at radius 3 is 0.852 bits per heavy atom. The summed E-state index contributed by atoms with van der Waals surface area (Å²) in [6.07, 6.45) is 46.8. The highest BCUT2D eigenvalue weighted by Gasteiger charge is 2.19. The Morgan fingerprint density at radius 1 is 0.328 bits per heavy atom. The van der Waals surface area contributed by atoms with Gasteiger partial charge in [-0.2, -0.15) is 0 Å². The molecular formula is C55H106O6. The van der Waals surface area contributed by atoms with Crippen molar-refractivity contribution in [2.75, 3.05) is 13.2 Å². The van der Waals surface area contributed by atoms with Crippen LogP contribution in [0.5, 0.6) is 0 Å². The Labute approximate surface area is 380 Å². The second-order valence-electron chi connectivity index (χ2n) is 20.1. The lowest BCUT2D eigenvalue weighted by atomic mass is 10.00. The first-order valence-corrected chi connectivity index (χ1v) is 27.1. The summed E-state index contributed by atoms with van der Waals surface area (Å²) >= 11 is 0. The second kappa shape index (κ2) is 46.4. The fourth-order valence-electron chi connectivity index (χ4n) is 8.26. The van der Waals surface area contributed by atoms with E-state index in [0.29, 0.717) is 19.3 Å². The van der Waals surface area contributed by atoms with Crippen molar-refractivity contribution >= 4 is 17.9 Å². The third-order valence-corrected chi connectivity index (χ3v) is 12.8. The van der Waals surface area contributed by atoms with Gasteiger partial charge in [0.25, 0.3) is 0 Å². The summed E-state index contributed by atoms with van der Waals surface area (Å²) in [5, 5.41) is 0. The number of carbonyl (C=O) groups is 3. The summed E-state index contributed by atoms with van der Waals surface area (Å²) in [6.45, 7) is 13.7. The lowest BCUT2D eigenvalue weighted by molar-refractivity contribution is -0.167. The van der Waals surface area contributed by atoms with Gasteiger partial charge in [0, 0.05) is 19.3 Å². The Bertz CT molecular complexity index is 947. The van der Waals surface area contributed by atoms with Crippen molar-refractivity contribution in [3.05, 3.63) is 0 Å². The zero-order valence-electron chi connectivity index (χ0n) is 42.0. The monoisotopic (exact) mass is 863 g/mol. The summed E-state index contributed by atoms with van der Waals surface area (Å²) in [7, 11) is 0. The van der Waals surface area contributed by atoms with E-state index in [0.717, 1.165) is 75.5 Å². The quantitative estimate of drug-likeness (QED) is 0.0344. The molecule has 0 aliphatic carbocycles. The van der Waals surface area contributed by atoms with Gasteiger partial charge in [-0.25, -0.2) is 0 Å². The van der Waals surface area contributed by atoms with E-state index in [1.165, 1.54) is 180 Å². The average molecular weight is 863 g/mol. The number of unbranched alkanes of at least 4 members (excludes halogenated alkanes) is 30. The molecule has 0 N–H and O–H groups in total. The van der Waals surface area contributed by atoms with Crippen LogP contribution in [0.15, 0.2) is 0 Å². The van der Waals surface area contributed by atoms with Crippen molar-refractivity contribution in [3.63, 3.8) is 0 Å². The van der Waals surface area contributed by atoms with E-state index in [-0.39, 0.29) is 31.1 Å². The molecule has 0 aromatic heterocycles. The Hall–Kier alpha value is -1.59. The van der Waals surface area contributed by atoms with Gasteiger partial charge in [0.15, 0.2) is 6.10 Å². The summed E-state index contributed by atoms with van der Waals surface area (Å²) < 4.78 is 16.8. The van der Waals surface area contributed by atoms with E-state index in [1.807, 2.05) is 0 Å². The highest BCUT2D eigenvalue weighted by Crippen LogP contribution is 2.18. The molecule has 0 bridgehead atoms. The maximum Gasteiger partial charge on any atom is 0.306 e. The molecule has 0 rings (SSSR count). The van der Waals surface area contributed by atoms with Gasteiger partial charge in [-0.15, -0.1) is 0 Å². The first-order valence-electron chi connectivity index (χ1n) is 27.1. The van der Waals surface area contributed by atoms with Crippen LogP contribution in [0.3, 0.4) is 0 Å². The van der Waals surface area contributed by atoms with E-state index in [2.05, 4.69) is 41.5 Å². The van der Waals surface area contributed by atoms with Crippen molar-refractivity contribution in [1.82, 2.24) is 0 Å². The topological polar surface area (TPSA) is 78.9 Å². The summed E-state index contributed by atoms with van der Waals surface area (Å²) in [4.78, 5) is 37.9. The highest BCUT2D eigenvalue weighted by atomic mass is 16.6. The van der Waals surface area contributed by atoms with Crippen molar-refractivity contribution in [2.24, 2.45) is 17.8 Å². The molecule has 362 valence electrons. The molecule has 0 spiro atoms. The van der Waals surface area contributed by atoms with E-state index in [9.17, 15) is 14.4 Å².